The minimum absolute atomic E-state index is 0.527. The van der Waals surface area contributed by atoms with Crippen molar-refractivity contribution in [2.24, 2.45) is 0 Å². The van der Waals surface area contributed by atoms with Crippen LogP contribution in [0, 0.1) is 0 Å². The molecule has 1 atom stereocenters. The monoisotopic (exact) mass is 255 g/mol. The van der Waals surface area contributed by atoms with E-state index in [1.54, 1.807) is 0 Å². The summed E-state index contributed by atoms with van der Waals surface area (Å²) in [7, 11) is 1.81. The summed E-state index contributed by atoms with van der Waals surface area (Å²) in [6, 6.07) is 2.00. The molecule has 1 aliphatic heterocycles. The molecule has 2 rings (SSSR count). The number of rotatable bonds is 7. The van der Waals surface area contributed by atoms with E-state index in [0.717, 1.165) is 19.2 Å². The molecule has 0 spiro atoms. The number of methoxy groups -OCH3 is 1. The first-order valence-electron chi connectivity index (χ1n) is 7.41. The summed E-state index contributed by atoms with van der Waals surface area (Å²) < 4.78 is 5.38. The smallest absolute Gasteiger partial charge is 0.0630 e. The average Bonchev–Trinajstić information content (AvgIpc) is 3.19. The number of hydrogen-bond acceptors (Lipinski definition) is 4. The Labute approximate surface area is 112 Å². The van der Waals surface area contributed by atoms with E-state index < -0.39 is 0 Å². The van der Waals surface area contributed by atoms with E-state index >= 15 is 0 Å². The van der Waals surface area contributed by atoms with Crippen molar-refractivity contribution in [2.75, 3.05) is 46.4 Å². The van der Waals surface area contributed by atoms with Crippen LogP contribution in [0.4, 0.5) is 0 Å². The van der Waals surface area contributed by atoms with Gasteiger partial charge in [0, 0.05) is 58.0 Å². The van der Waals surface area contributed by atoms with Gasteiger partial charge in [0.1, 0.15) is 0 Å². The highest BCUT2D eigenvalue weighted by molar-refractivity contribution is 4.89. The van der Waals surface area contributed by atoms with Crippen LogP contribution >= 0.6 is 0 Å². The largest absolute Gasteiger partial charge is 0.383 e. The molecule has 2 aliphatic rings. The first kappa shape index (κ1) is 14.3. The van der Waals surface area contributed by atoms with E-state index in [0.29, 0.717) is 12.1 Å². The minimum Gasteiger partial charge on any atom is -0.383 e. The highest BCUT2D eigenvalue weighted by Gasteiger charge is 2.32. The Morgan fingerprint density at radius 2 is 1.83 bits per heavy atom. The molecule has 0 amide bonds. The van der Waals surface area contributed by atoms with Crippen molar-refractivity contribution in [1.29, 1.82) is 0 Å². The maximum atomic E-state index is 5.38. The number of hydrogen-bond donors (Lipinski definition) is 1. The van der Waals surface area contributed by atoms with Crippen molar-refractivity contribution < 1.29 is 4.74 Å². The zero-order chi connectivity index (χ0) is 13.0. The van der Waals surface area contributed by atoms with Gasteiger partial charge in [-0.1, -0.05) is 13.8 Å². The summed E-state index contributed by atoms with van der Waals surface area (Å²) in [5.41, 5.74) is 0. The Morgan fingerprint density at radius 3 is 2.33 bits per heavy atom. The van der Waals surface area contributed by atoms with Crippen LogP contribution in [0.5, 0.6) is 0 Å². The van der Waals surface area contributed by atoms with Crippen molar-refractivity contribution in [1.82, 2.24) is 15.1 Å². The van der Waals surface area contributed by atoms with Crippen LogP contribution in [0.25, 0.3) is 0 Å². The van der Waals surface area contributed by atoms with Crippen molar-refractivity contribution in [3.8, 4) is 0 Å². The van der Waals surface area contributed by atoms with Gasteiger partial charge >= 0.3 is 0 Å². The van der Waals surface area contributed by atoms with Crippen LogP contribution in [-0.4, -0.2) is 74.4 Å². The summed E-state index contributed by atoms with van der Waals surface area (Å²) >= 11 is 0. The highest BCUT2D eigenvalue weighted by atomic mass is 16.5. The molecule has 1 heterocycles. The Bertz CT molecular complexity index is 235. The number of ether oxygens (including phenoxy) is 1. The fraction of sp³-hybridized carbons (Fsp3) is 1.00. The first-order chi connectivity index (χ1) is 8.70. The number of piperazine rings is 1. The molecule has 4 heteroatoms. The van der Waals surface area contributed by atoms with Crippen LogP contribution in [-0.2, 0) is 4.74 Å². The van der Waals surface area contributed by atoms with E-state index in [9.17, 15) is 0 Å². The molecule has 1 saturated carbocycles. The minimum atomic E-state index is 0.527. The fourth-order valence-corrected chi connectivity index (χ4v) is 2.76. The van der Waals surface area contributed by atoms with Crippen LogP contribution < -0.4 is 5.32 Å². The molecule has 1 aliphatic carbocycles. The van der Waals surface area contributed by atoms with Gasteiger partial charge in [0.15, 0.2) is 0 Å². The standard InChI is InChI=1S/C14H29N3O/c1-12(2)15-10-14(11-18-3)17-8-6-16(7-9-17)13-4-5-13/h12-15H,4-11H2,1-3H3. The second kappa shape index (κ2) is 6.85. The van der Waals surface area contributed by atoms with E-state index in [4.69, 9.17) is 4.74 Å². The average molecular weight is 255 g/mol. The van der Waals surface area contributed by atoms with Gasteiger partial charge in [-0.05, 0) is 12.8 Å². The normalized spacial score (nSPS) is 24.7. The van der Waals surface area contributed by atoms with Crippen molar-refractivity contribution in [2.45, 2.75) is 44.8 Å². The summed E-state index contributed by atoms with van der Waals surface area (Å²) in [6.07, 6.45) is 2.85. The topological polar surface area (TPSA) is 27.7 Å². The Morgan fingerprint density at radius 1 is 1.17 bits per heavy atom. The predicted molar refractivity (Wildman–Crippen MR) is 75.0 cm³/mol. The molecular weight excluding hydrogens is 226 g/mol. The Hall–Kier alpha value is -0.160. The summed E-state index contributed by atoms with van der Waals surface area (Å²) in [6.45, 7) is 11.2. The lowest BCUT2D eigenvalue weighted by atomic mass is 10.2. The van der Waals surface area contributed by atoms with Crippen molar-refractivity contribution in [3.63, 3.8) is 0 Å². The van der Waals surface area contributed by atoms with E-state index in [1.165, 1.54) is 39.0 Å². The van der Waals surface area contributed by atoms with Gasteiger partial charge < -0.3 is 10.1 Å². The highest BCUT2D eigenvalue weighted by Crippen LogP contribution is 2.27. The molecule has 1 N–H and O–H groups in total. The van der Waals surface area contributed by atoms with Gasteiger partial charge in [-0.3, -0.25) is 9.80 Å². The van der Waals surface area contributed by atoms with Gasteiger partial charge in [0.25, 0.3) is 0 Å². The SMILES string of the molecule is COCC(CNC(C)C)N1CCN(C2CC2)CC1. The van der Waals surface area contributed by atoms with E-state index in [2.05, 4.69) is 29.0 Å². The number of nitrogens with one attached hydrogen (secondary N) is 1. The fourth-order valence-electron chi connectivity index (χ4n) is 2.76. The molecule has 0 bridgehead atoms. The maximum absolute atomic E-state index is 5.38. The molecule has 4 nitrogen and oxygen atoms in total. The maximum Gasteiger partial charge on any atom is 0.0630 e. The molecular formula is C14H29N3O. The van der Waals surface area contributed by atoms with Crippen LogP contribution in [0.3, 0.4) is 0 Å². The Kier molecular flexibility index (Phi) is 5.42. The predicted octanol–water partition coefficient (Wildman–Crippen LogP) is 0.779. The third-order valence-electron chi connectivity index (χ3n) is 4.05. The van der Waals surface area contributed by atoms with Gasteiger partial charge in [-0.15, -0.1) is 0 Å². The third kappa shape index (κ3) is 4.19. The lowest BCUT2D eigenvalue weighted by molar-refractivity contribution is 0.0464. The molecule has 1 saturated heterocycles. The van der Waals surface area contributed by atoms with Gasteiger partial charge in [0.2, 0.25) is 0 Å². The summed E-state index contributed by atoms with van der Waals surface area (Å²) in [5.74, 6) is 0. The first-order valence-corrected chi connectivity index (χ1v) is 7.41. The van der Waals surface area contributed by atoms with Gasteiger partial charge in [-0.25, -0.2) is 0 Å². The van der Waals surface area contributed by atoms with Crippen LogP contribution in [0.15, 0.2) is 0 Å². The molecule has 0 aromatic carbocycles. The molecule has 0 aromatic rings. The van der Waals surface area contributed by atoms with Gasteiger partial charge in [-0.2, -0.15) is 0 Å². The number of nitrogens with zero attached hydrogens (tertiary/aromatic N) is 2. The zero-order valence-corrected chi connectivity index (χ0v) is 12.2. The van der Waals surface area contributed by atoms with Crippen molar-refractivity contribution >= 4 is 0 Å². The summed E-state index contributed by atoms with van der Waals surface area (Å²) in [4.78, 5) is 5.26. The second-order valence-electron chi connectivity index (χ2n) is 5.98. The van der Waals surface area contributed by atoms with E-state index in [1.807, 2.05) is 7.11 Å². The molecule has 106 valence electrons. The molecule has 0 radical (unpaired) electrons. The zero-order valence-electron chi connectivity index (χ0n) is 12.2. The van der Waals surface area contributed by atoms with Crippen LogP contribution in [0.1, 0.15) is 26.7 Å². The second-order valence-corrected chi connectivity index (χ2v) is 5.98. The van der Waals surface area contributed by atoms with Crippen molar-refractivity contribution in [3.05, 3.63) is 0 Å². The quantitative estimate of drug-likeness (QED) is 0.727. The van der Waals surface area contributed by atoms with Crippen LogP contribution in [0.2, 0.25) is 0 Å². The Balaban J connectivity index is 1.75. The van der Waals surface area contributed by atoms with E-state index in [-0.39, 0.29) is 0 Å². The third-order valence-corrected chi connectivity index (χ3v) is 4.05. The van der Waals surface area contributed by atoms with Gasteiger partial charge in [0.05, 0.1) is 6.61 Å². The lowest BCUT2D eigenvalue weighted by Crippen LogP contribution is -2.55. The molecule has 1 unspecified atom stereocenters. The summed E-state index contributed by atoms with van der Waals surface area (Å²) in [5, 5.41) is 3.54. The molecule has 0 aromatic heterocycles. The molecule has 2 fully saturated rings. The lowest BCUT2D eigenvalue weighted by Gasteiger charge is -2.39. The molecule has 18 heavy (non-hydrogen) atoms.